The molecule has 21 heavy (non-hydrogen) atoms. The molecule has 0 fully saturated rings. The van der Waals surface area contributed by atoms with Crippen LogP contribution in [0.25, 0.3) is 0 Å². The molecule has 4 nitrogen and oxygen atoms in total. The molecule has 1 N–H and O–H groups in total. The predicted molar refractivity (Wildman–Crippen MR) is 85.8 cm³/mol. The van der Waals surface area contributed by atoms with Gasteiger partial charge in [-0.1, -0.05) is 24.8 Å². The summed E-state index contributed by atoms with van der Waals surface area (Å²) in [5.74, 6) is 0.832. The summed E-state index contributed by atoms with van der Waals surface area (Å²) in [6.07, 6.45) is 3.56. The third-order valence-electron chi connectivity index (χ3n) is 3.11. The average Bonchev–Trinajstić information content (AvgIpc) is 2.53. The summed E-state index contributed by atoms with van der Waals surface area (Å²) in [4.78, 5) is 11.5. The maximum atomic E-state index is 11.5. The van der Waals surface area contributed by atoms with Crippen molar-refractivity contribution < 1.29 is 4.74 Å². The highest BCUT2D eigenvalue weighted by Crippen LogP contribution is 2.13. The lowest BCUT2D eigenvalue weighted by atomic mass is 10.2. The van der Waals surface area contributed by atoms with E-state index in [9.17, 15) is 4.79 Å². The molecule has 0 radical (unpaired) electrons. The topological polar surface area (TPSA) is 43.3 Å². The number of rotatable bonds is 7. The second-order valence-electron chi connectivity index (χ2n) is 4.64. The van der Waals surface area contributed by atoms with Crippen LogP contribution in [-0.2, 0) is 13.1 Å². The highest BCUT2D eigenvalue weighted by molar-refractivity contribution is 5.41. The summed E-state index contributed by atoms with van der Waals surface area (Å²) in [6.45, 7) is 7.45. The standard InChI is InChI=1S/C17H20N2O2/c1-3-11-21-16-8-5-14(6-9-16)12-18-15-7-10-17(20)19(4-2)13-15/h3,5-10,13,18H,1,4,11-12H2,2H3. The number of aromatic nitrogens is 1. The Hall–Kier alpha value is -2.49. The van der Waals surface area contributed by atoms with Crippen molar-refractivity contribution in [3.8, 4) is 5.75 Å². The number of hydrogen-bond donors (Lipinski definition) is 1. The molecule has 0 atom stereocenters. The molecule has 0 bridgehead atoms. The van der Waals surface area contributed by atoms with E-state index in [-0.39, 0.29) is 5.56 Å². The van der Waals surface area contributed by atoms with Gasteiger partial charge in [0.1, 0.15) is 12.4 Å². The van der Waals surface area contributed by atoms with Gasteiger partial charge in [0.05, 0.1) is 5.69 Å². The summed E-state index contributed by atoms with van der Waals surface area (Å²) in [5.41, 5.74) is 2.10. The molecule has 0 saturated heterocycles. The molecule has 0 amide bonds. The Kier molecular flexibility index (Phi) is 5.21. The average molecular weight is 284 g/mol. The molecule has 0 saturated carbocycles. The Morgan fingerprint density at radius 1 is 1.24 bits per heavy atom. The number of aryl methyl sites for hydroxylation is 1. The van der Waals surface area contributed by atoms with Gasteiger partial charge in [-0.25, -0.2) is 0 Å². The number of ether oxygens (including phenoxy) is 1. The van der Waals surface area contributed by atoms with Crippen LogP contribution in [0.5, 0.6) is 5.75 Å². The highest BCUT2D eigenvalue weighted by atomic mass is 16.5. The lowest BCUT2D eigenvalue weighted by Crippen LogP contribution is -2.17. The van der Waals surface area contributed by atoms with Gasteiger partial charge in [0.15, 0.2) is 0 Å². The van der Waals surface area contributed by atoms with E-state index < -0.39 is 0 Å². The van der Waals surface area contributed by atoms with Crippen molar-refractivity contribution in [3.63, 3.8) is 0 Å². The molecule has 0 unspecified atom stereocenters. The van der Waals surface area contributed by atoms with Gasteiger partial charge < -0.3 is 14.6 Å². The number of nitrogens with zero attached hydrogens (tertiary/aromatic N) is 1. The molecular weight excluding hydrogens is 264 g/mol. The lowest BCUT2D eigenvalue weighted by Gasteiger charge is -2.09. The van der Waals surface area contributed by atoms with E-state index in [0.29, 0.717) is 19.7 Å². The highest BCUT2D eigenvalue weighted by Gasteiger charge is 1.98. The zero-order valence-corrected chi connectivity index (χ0v) is 12.2. The molecule has 2 rings (SSSR count). The fraction of sp³-hybridized carbons (Fsp3) is 0.235. The molecule has 1 aromatic carbocycles. The lowest BCUT2D eigenvalue weighted by molar-refractivity contribution is 0.363. The van der Waals surface area contributed by atoms with Crippen LogP contribution in [-0.4, -0.2) is 11.2 Å². The van der Waals surface area contributed by atoms with Crippen LogP contribution >= 0.6 is 0 Å². The van der Waals surface area contributed by atoms with Gasteiger partial charge in [-0.15, -0.1) is 0 Å². The number of pyridine rings is 1. The minimum Gasteiger partial charge on any atom is -0.490 e. The Bertz CT molecular complexity index is 645. The van der Waals surface area contributed by atoms with Crippen molar-refractivity contribution in [1.82, 2.24) is 4.57 Å². The number of anilines is 1. The smallest absolute Gasteiger partial charge is 0.250 e. The summed E-state index contributed by atoms with van der Waals surface area (Å²) < 4.78 is 7.12. The van der Waals surface area contributed by atoms with Gasteiger partial charge in [-0.05, 0) is 30.7 Å². The summed E-state index contributed by atoms with van der Waals surface area (Å²) >= 11 is 0. The van der Waals surface area contributed by atoms with Crippen molar-refractivity contribution >= 4 is 5.69 Å². The van der Waals surface area contributed by atoms with Crippen LogP contribution in [0.15, 0.2) is 60.0 Å². The van der Waals surface area contributed by atoms with Gasteiger partial charge in [0.25, 0.3) is 5.56 Å². The predicted octanol–water partition coefficient (Wildman–Crippen LogP) is 3.05. The van der Waals surface area contributed by atoms with Crippen molar-refractivity contribution in [2.45, 2.75) is 20.0 Å². The molecule has 0 aliphatic heterocycles. The van der Waals surface area contributed by atoms with Crippen LogP contribution < -0.4 is 15.6 Å². The summed E-state index contributed by atoms with van der Waals surface area (Å²) in [6, 6.07) is 11.3. The third kappa shape index (κ3) is 4.24. The van der Waals surface area contributed by atoms with Gasteiger partial charge in [0.2, 0.25) is 0 Å². The van der Waals surface area contributed by atoms with Gasteiger partial charge in [0, 0.05) is 25.4 Å². The first-order valence-corrected chi connectivity index (χ1v) is 7.00. The number of nitrogens with one attached hydrogen (secondary N) is 1. The maximum absolute atomic E-state index is 11.5. The Morgan fingerprint density at radius 3 is 2.67 bits per heavy atom. The van der Waals surface area contributed by atoms with Gasteiger partial charge >= 0.3 is 0 Å². The monoisotopic (exact) mass is 284 g/mol. The van der Waals surface area contributed by atoms with E-state index in [1.54, 1.807) is 22.8 Å². The van der Waals surface area contributed by atoms with Gasteiger partial charge in [-0.3, -0.25) is 4.79 Å². The van der Waals surface area contributed by atoms with E-state index in [0.717, 1.165) is 17.0 Å². The molecular formula is C17H20N2O2. The van der Waals surface area contributed by atoms with E-state index >= 15 is 0 Å². The van der Waals surface area contributed by atoms with Crippen LogP contribution in [0.2, 0.25) is 0 Å². The van der Waals surface area contributed by atoms with Crippen LogP contribution in [0, 0.1) is 0 Å². The molecule has 110 valence electrons. The molecule has 1 aromatic heterocycles. The van der Waals surface area contributed by atoms with Crippen molar-refractivity contribution in [1.29, 1.82) is 0 Å². The van der Waals surface area contributed by atoms with E-state index in [4.69, 9.17) is 4.74 Å². The molecule has 0 aliphatic carbocycles. The summed E-state index contributed by atoms with van der Waals surface area (Å²) in [7, 11) is 0. The Balaban J connectivity index is 1.96. The molecule has 0 aliphatic rings. The SMILES string of the molecule is C=CCOc1ccc(CNc2ccc(=O)n(CC)c2)cc1. The first kappa shape index (κ1) is 14.9. The fourth-order valence-electron chi connectivity index (χ4n) is 1.95. The second kappa shape index (κ2) is 7.33. The minimum absolute atomic E-state index is 0.0202. The third-order valence-corrected chi connectivity index (χ3v) is 3.11. The number of benzene rings is 1. The quantitative estimate of drug-likeness (QED) is 0.795. The molecule has 2 aromatic rings. The largest absolute Gasteiger partial charge is 0.490 e. The zero-order chi connectivity index (χ0) is 15.1. The van der Waals surface area contributed by atoms with Crippen molar-refractivity contribution in [2.24, 2.45) is 0 Å². The van der Waals surface area contributed by atoms with Crippen LogP contribution in [0.4, 0.5) is 5.69 Å². The summed E-state index contributed by atoms with van der Waals surface area (Å²) in [5, 5.41) is 3.31. The van der Waals surface area contributed by atoms with Crippen molar-refractivity contribution in [2.75, 3.05) is 11.9 Å². The Labute approximate surface area is 124 Å². The van der Waals surface area contributed by atoms with Crippen LogP contribution in [0.3, 0.4) is 0 Å². The second-order valence-corrected chi connectivity index (χ2v) is 4.64. The molecule has 0 spiro atoms. The fourth-order valence-corrected chi connectivity index (χ4v) is 1.95. The van der Waals surface area contributed by atoms with E-state index in [1.165, 1.54) is 0 Å². The Morgan fingerprint density at radius 2 is 2.00 bits per heavy atom. The maximum Gasteiger partial charge on any atom is 0.250 e. The molecule has 1 heterocycles. The van der Waals surface area contributed by atoms with E-state index in [2.05, 4.69) is 11.9 Å². The van der Waals surface area contributed by atoms with Crippen molar-refractivity contribution in [3.05, 3.63) is 71.2 Å². The van der Waals surface area contributed by atoms with E-state index in [1.807, 2.05) is 37.4 Å². The van der Waals surface area contributed by atoms with Gasteiger partial charge in [-0.2, -0.15) is 0 Å². The zero-order valence-electron chi connectivity index (χ0n) is 12.2. The van der Waals surface area contributed by atoms with Crippen LogP contribution in [0.1, 0.15) is 12.5 Å². The first-order chi connectivity index (χ1) is 10.2. The minimum atomic E-state index is 0.0202. The molecule has 4 heteroatoms. The number of hydrogen-bond acceptors (Lipinski definition) is 3. The normalized spacial score (nSPS) is 10.1. The first-order valence-electron chi connectivity index (χ1n) is 7.00.